The standard InChI is InChI=1S/C12H15Cl2NO/c13-10-3-2-9(8-11(10)14)16-12(6-7-15)4-1-5-12/h2-3,8H,1,4-7,15H2. The van der Waals surface area contributed by atoms with Crippen molar-refractivity contribution in [1.29, 1.82) is 0 Å². The summed E-state index contributed by atoms with van der Waals surface area (Å²) in [5.41, 5.74) is 5.54. The van der Waals surface area contributed by atoms with E-state index in [1.54, 1.807) is 12.1 Å². The lowest BCUT2D eigenvalue weighted by Gasteiger charge is -2.41. The van der Waals surface area contributed by atoms with E-state index in [0.717, 1.165) is 25.0 Å². The number of nitrogens with two attached hydrogens (primary N) is 1. The minimum absolute atomic E-state index is 0.0636. The summed E-state index contributed by atoms with van der Waals surface area (Å²) < 4.78 is 5.99. The van der Waals surface area contributed by atoms with Crippen LogP contribution in [-0.2, 0) is 0 Å². The van der Waals surface area contributed by atoms with E-state index in [0.29, 0.717) is 16.6 Å². The molecule has 88 valence electrons. The average molecular weight is 260 g/mol. The Hall–Kier alpha value is -0.440. The van der Waals surface area contributed by atoms with Crippen molar-refractivity contribution in [1.82, 2.24) is 0 Å². The summed E-state index contributed by atoms with van der Waals surface area (Å²) in [6.45, 7) is 0.654. The molecule has 0 aromatic heterocycles. The number of hydrogen-bond donors (Lipinski definition) is 1. The predicted octanol–water partition coefficient (Wildman–Crippen LogP) is 3.64. The predicted molar refractivity (Wildman–Crippen MR) is 67.3 cm³/mol. The number of benzene rings is 1. The second kappa shape index (κ2) is 4.82. The summed E-state index contributed by atoms with van der Waals surface area (Å²) in [5, 5.41) is 1.08. The molecule has 2 rings (SSSR count). The van der Waals surface area contributed by atoms with Gasteiger partial charge in [-0.2, -0.15) is 0 Å². The van der Waals surface area contributed by atoms with Crippen LogP contribution >= 0.6 is 23.2 Å². The lowest BCUT2D eigenvalue weighted by molar-refractivity contribution is -0.0124. The highest BCUT2D eigenvalue weighted by Crippen LogP contribution is 2.40. The van der Waals surface area contributed by atoms with Crippen molar-refractivity contribution >= 4 is 23.2 Å². The molecule has 0 aliphatic heterocycles. The fourth-order valence-corrected chi connectivity index (χ4v) is 2.32. The van der Waals surface area contributed by atoms with Crippen LogP contribution in [0, 0.1) is 0 Å². The van der Waals surface area contributed by atoms with E-state index in [1.165, 1.54) is 6.42 Å². The van der Waals surface area contributed by atoms with Crippen LogP contribution in [0.2, 0.25) is 10.0 Å². The summed E-state index contributed by atoms with van der Waals surface area (Å²) in [7, 11) is 0. The number of rotatable bonds is 4. The summed E-state index contributed by atoms with van der Waals surface area (Å²) in [6.07, 6.45) is 4.25. The maximum atomic E-state index is 5.99. The molecule has 2 N–H and O–H groups in total. The van der Waals surface area contributed by atoms with Gasteiger partial charge in [0.2, 0.25) is 0 Å². The second-order valence-electron chi connectivity index (χ2n) is 4.25. The molecule has 1 aromatic rings. The molecular formula is C12H15Cl2NO. The molecule has 1 aliphatic rings. The van der Waals surface area contributed by atoms with Gasteiger partial charge < -0.3 is 10.5 Å². The van der Waals surface area contributed by atoms with Gasteiger partial charge in [0.1, 0.15) is 11.4 Å². The van der Waals surface area contributed by atoms with Gasteiger partial charge in [-0.05, 0) is 44.4 Å². The third kappa shape index (κ3) is 2.45. The van der Waals surface area contributed by atoms with Crippen molar-refractivity contribution in [2.75, 3.05) is 6.54 Å². The van der Waals surface area contributed by atoms with Crippen molar-refractivity contribution in [3.05, 3.63) is 28.2 Å². The first kappa shape index (κ1) is 12.0. The quantitative estimate of drug-likeness (QED) is 0.896. The van der Waals surface area contributed by atoms with Crippen molar-refractivity contribution in [2.45, 2.75) is 31.3 Å². The summed E-state index contributed by atoms with van der Waals surface area (Å²) >= 11 is 11.8. The average Bonchev–Trinajstić information content (AvgIpc) is 2.20. The molecule has 0 unspecified atom stereocenters. The lowest BCUT2D eigenvalue weighted by Crippen LogP contribution is -2.44. The smallest absolute Gasteiger partial charge is 0.121 e. The Morgan fingerprint density at radius 1 is 1.25 bits per heavy atom. The van der Waals surface area contributed by atoms with Gasteiger partial charge in [0.15, 0.2) is 0 Å². The van der Waals surface area contributed by atoms with E-state index in [9.17, 15) is 0 Å². The normalized spacial score (nSPS) is 17.9. The zero-order valence-electron chi connectivity index (χ0n) is 9.01. The van der Waals surface area contributed by atoms with Crippen LogP contribution < -0.4 is 10.5 Å². The minimum atomic E-state index is -0.0636. The zero-order valence-corrected chi connectivity index (χ0v) is 10.5. The Bertz CT molecular complexity index is 377. The lowest BCUT2D eigenvalue weighted by atomic mass is 9.77. The van der Waals surface area contributed by atoms with E-state index >= 15 is 0 Å². The second-order valence-corrected chi connectivity index (χ2v) is 5.07. The third-order valence-corrected chi connectivity index (χ3v) is 3.83. The summed E-state index contributed by atoms with van der Waals surface area (Å²) in [4.78, 5) is 0. The molecule has 0 saturated heterocycles. The Labute approximate surface area is 106 Å². The van der Waals surface area contributed by atoms with Gasteiger partial charge in [0.25, 0.3) is 0 Å². The molecule has 1 fully saturated rings. The molecule has 1 saturated carbocycles. The van der Waals surface area contributed by atoms with Crippen LogP contribution in [0.15, 0.2) is 18.2 Å². The first-order chi connectivity index (χ1) is 7.65. The molecule has 0 bridgehead atoms. The molecule has 0 heterocycles. The monoisotopic (exact) mass is 259 g/mol. The van der Waals surface area contributed by atoms with E-state index in [1.807, 2.05) is 6.07 Å². The fraction of sp³-hybridized carbons (Fsp3) is 0.500. The molecule has 0 radical (unpaired) electrons. The van der Waals surface area contributed by atoms with Crippen LogP contribution in [-0.4, -0.2) is 12.1 Å². The van der Waals surface area contributed by atoms with E-state index in [4.69, 9.17) is 33.7 Å². The number of hydrogen-bond acceptors (Lipinski definition) is 2. The van der Waals surface area contributed by atoms with Crippen LogP contribution in [0.4, 0.5) is 0 Å². The van der Waals surface area contributed by atoms with Gasteiger partial charge in [0, 0.05) is 6.07 Å². The zero-order chi connectivity index (χ0) is 11.6. The molecular weight excluding hydrogens is 245 g/mol. The highest BCUT2D eigenvalue weighted by atomic mass is 35.5. The maximum absolute atomic E-state index is 5.99. The van der Waals surface area contributed by atoms with Gasteiger partial charge in [-0.15, -0.1) is 0 Å². The third-order valence-electron chi connectivity index (χ3n) is 3.09. The van der Waals surface area contributed by atoms with Gasteiger partial charge in [-0.3, -0.25) is 0 Å². The van der Waals surface area contributed by atoms with Gasteiger partial charge in [0.05, 0.1) is 10.0 Å². The Balaban J connectivity index is 2.10. The Morgan fingerprint density at radius 2 is 2.00 bits per heavy atom. The fourth-order valence-electron chi connectivity index (χ4n) is 2.03. The molecule has 0 spiro atoms. The maximum Gasteiger partial charge on any atom is 0.121 e. The van der Waals surface area contributed by atoms with Crippen LogP contribution in [0.1, 0.15) is 25.7 Å². The van der Waals surface area contributed by atoms with Crippen LogP contribution in [0.25, 0.3) is 0 Å². The van der Waals surface area contributed by atoms with Gasteiger partial charge in [-0.25, -0.2) is 0 Å². The highest BCUT2D eigenvalue weighted by molar-refractivity contribution is 6.42. The van der Waals surface area contributed by atoms with Gasteiger partial charge >= 0.3 is 0 Å². The Kier molecular flexibility index (Phi) is 3.63. The molecule has 4 heteroatoms. The van der Waals surface area contributed by atoms with Crippen molar-refractivity contribution in [2.24, 2.45) is 5.73 Å². The molecule has 16 heavy (non-hydrogen) atoms. The largest absolute Gasteiger partial charge is 0.487 e. The minimum Gasteiger partial charge on any atom is -0.487 e. The molecule has 0 amide bonds. The van der Waals surface area contributed by atoms with E-state index in [-0.39, 0.29) is 5.60 Å². The van der Waals surface area contributed by atoms with Crippen molar-refractivity contribution < 1.29 is 4.74 Å². The van der Waals surface area contributed by atoms with E-state index in [2.05, 4.69) is 0 Å². The molecule has 2 nitrogen and oxygen atoms in total. The Morgan fingerprint density at radius 3 is 2.50 bits per heavy atom. The van der Waals surface area contributed by atoms with E-state index < -0.39 is 0 Å². The van der Waals surface area contributed by atoms with Crippen molar-refractivity contribution in [3.8, 4) is 5.75 Å². The van der Waals surface area contributed by atoms with Gasteiger partial charge in [-0.1, -0.05) is 23.2 Å². The first-order valence-electron chi connectivity index (χ1n) is 5.49. The molecule has 0 atom stereocenters. The molecule has 1 aromatic carbocycles. The van der Waals surface area contributed by atoms with Crippen LogP contribution in [0.5, 0.6) is 5.75 Å². The van der Waals surface area contributed by atoms with Crippen molar-refractivity contribution in [3.63, 3.8) is 0 Å². The number of ether oxygens (including phenoxy) is 1. The summed E-state index contributed by atoms with van der Waals surface area (Å²) in [5.74, 6) is 0.780. The van der Waals surface area contributed by atoms with Crippen LogP contribution in [0.3, 0.4) is 0 Å². The number of halogens is 2. The highest BCUT2D eigenvalue weighted by Gasteiger charge is 2.38. The topological polar surface area (TPSA) is 35.2 Å². The molecule has 1 aliphatic carbocycles. The SMILES string of the molecule is NCCC1(Oc2ccc(Cl)c(Cl)c2)CCC1. The summed E-state index contributed by atoms with van der Waals surface area (Å²) in [6, 6.07) is 5.37. The first-order valence-corrected chi connectivity index (χ1v) is 6.25.